The molecular weight excluding hydrogens is 122 g/mol. The van der Waals surface area contributed by atoms with Gasteiger partial charge in [0.1, 0.15) is 0 Å². The molecule has 0 amide bonds. The van der Waals surface area contributed by atoms with Gasteiger partial charge in [-0.2, -0.15) is 5.26 Å². The molecule has 0 aliphatic heterocycles. The highest BCUT2D eigenvalue weighted by molar-refractivity contribution is 5.42. The van der Waals surface area contributed by atoms with Crippen LogP contribution in [0.4, 0.5) is 0 Å². The topological polar surface area (TPSA) is 23.8 Å². The Bertz CT molecular complexity index is 281. The third kappa shape index (κ3) is 1.01. The van der Waals surface area contributed by atoms with E-state index >= 15 is 0 Å². The third-order valence-electron chi connectivity index (χ3n) is 1.57. The van der Waals surface area contributed by atoms with Crippen LogP contribution in [0, 0.1) is 25.2 Å². The molecule has 0 aliphatic rings. The first-order chi connectivity index (χ1) is 4.75. The number of rotatable bonds is 0. The molecule has 10 heavy (non-hydrogen) atoms. The van der Waals surface area contributed by atoms with Crippen LogP contribution >= 0.6 is 0 Å². The zero-order valence-corrected chi connectivity index (χ0v) is 5.89. The van der Waals surface area contributed by atoms with Crippen LogP contribution in [0.25, 0.3) is 0 Å². The van der Waals surface area contributed by atoms with E-state index in [2.05, 4.69) is 13.0 Å². The Morgan fingerprint density at radius 3 is 2.70 bits per heavy atom. The average Bonchev–Trinajstić information content (AvgIpc) is 1.95. The zero-order valence-electron chi connectivity index (χ0n) is 5.89. The fraction of sp³-hybridized carbons (Fsp3) is 0.111. The van der Waals surface area contributed by atoms with E-state index in [1.54, 1.807) is 6.07 Å². The third-order valence-corrected chi connectivity index (χ3v) is 1.57. The number of hydrogen-bond donors (Lipinski definition) is 0. The molecule has 1 radical (unpaired) electrons. The molecule has 0 aliphatic carbocycles. The van der Waals surface area contributed by atoms with Gasteiger partial charge in [-0.05, 0) is 31.0 Å². The lowest BCUT2D eigenvalue weighted by Crippen LogP contribution is -1.84. The van der Waals surface area contributed by atoms with E-state index in [0.29, 0.717) is 5.56 Å². The smallest absolute Gasteiger partial charge is 0.0994 e. The molecule has 1 nitrogen and oxygen atoms in total. The van der Waals surface area contributed by atoms with Gasteiger partial charge in [-0.25, -0.2) is 0 Å². The summed E-state index contributed by atoms with van der Waals surface area (Å²) in [5.41, 5.74) is 2.62. The highest BCUT2D eigenvalue weighted by Crippen LogP contribution is 2.10. The van der Waals surface area contributed by atoms with Crippen LogP contribution in [0.15, 0.2) is 18.2 Å². The Morgan fingerprint density at radius 2 is 2.20 bits per heavy atom. The van der Waals surface area contributed by atoms with Crippen LogP contribution in [0.1, 0.15) is 16.7 Å². The maximum atomic E-state index is 8.57. The predicted octanol–water partition coefficient (Wildman–Crippen LogP) is 2.05. The van der Waals surface area contributed by atoms with Crippen LogP contribution in [-0.4, -0.2) is 0 Å². The van der Waals surface area contributed by atoms with Gasteiger partial charge >= 0.3 is 0 Å². The molecule has 0 heterocycles. The second kappa shape index (κ2) is 2.53. The van der Waals surface area contributed by atoms with Gasteiger partial charge in [-0.1, -0.05) is 12.1 Å². The highest BCUT2D eigenvalue weighted by Gasteiger charge is 1.96. The Hall–Kier alpha value is -1.29. The molecule has 0 aromatic heterocycles. The maximum absolute atomic E-state index is 8.57. The van der Waals surface area contributed by atoms with Crippen molar-refractivity contribution in [2.45, 2.75) is 6.92 Å². The largest absolute Gasteiger partial charge is 0.192 e. The first-order valence-electron chi connectivity index (χ1n) is 3.07. The average molecular weight is 130 g/mol. The lowest BCUT2D eigenvalue weighted by Gasteiger charge is -1.98. The Labute approximate surface area is 60.9 Å². The Kier molecular flexibility index (Phi) is 1.73. The molecule has 0 fully saturated rings. The Morgan fingerprint density at radius 1 is 1.50 bits per heavy atom. The number of hydrogen-bond acceptors (Lipinski definition) is 1. The molecule has 1 rings (SSSR count). The van der Waals surface area contributed by atoms with Gasteiger partial charge in [0.2, 0.25) is 0 Å². The van der Waals surface area contributed by atoms with Gasteiger partial charge in [0.15, 0.2) is 0 Å². The lowest BCUT2D eigenvalue weighted by atomic mass is 10.1. The SMILES string of the molecule is [CH2]c1cccc(C#N)c1C. The molecule has 0 spiro atoms. The first kappa shape index (κ1) is 6.82. The summed E-state index contributed by atoms with van der Waals surface area (Å²) in [4.78, 5) is 0. The summed E-state index contributed by atoms with van der Waals surface area (Å²) in [6.45, 7) is 5.68. The number of benzene rings is 1. The standard InChI is InChI=1S/C9H8N/c1-7-4-3-5-9(6-10)8(7)2/h3-5H,1H2,2H3. The summed E-state index contributed by atoms with van der Waals surface area (Å²) in [6, 6.07) is 7.63. The van der Waals surface area contributed by atoms with Crippen molar-refractivity contribution in [1.29, 1.82) is 5.26 Å². The van der Waals surface area contributed by atoms with E-state index in [1.165, 1.54) is 0 Å². The molecular formula is C9H8N. The van der Waals surface area contributed by atoms with E-state index in [9.17, 15) is 0 Å². The van der Waals surface area contributed by atoms with Gasteiger partial charge in [-0.3, -0.25) is 0 Å². The number of nitriles is 1. The van der Waals surface area contributed by atoms with Gasteiger partial charge < -0.3 is 0 Å². The first-order valence-corrected chi connectivity index (χ1v) is 3.07. The Balaban J connectivity index is 3.31. The van der Waals surface area contributed by atoms with E-state index in [-0.39, 0.29) is 0 Å². The fourth-order valence-corrected chi connectivity index (χ4v) is 0.805. The molecule has 1 aromatic rings. The summed E-state index contributed by atoms with van der Waals surface area (Å²) in [5.74, 6) is 0. The second-order valence-electron chi connectivity index (χ2n) is 2.20. The molecule has 1 aromatic carbocycles. The summed E-state index contributed by atoms with van der Waals surface area (Å²) in [5, 5.41) is 8.57. The minimum atomic E-state index is 0.715. The normalized spacial score (nSPS) is 8.90. The van der Waals surface area contributed by atoms with Crippen molar-refractivity contribution in [3.8, 4) is 6.07 Å². The van der Waals surface area contributed by atoms with Crippen LogP contribution in [0.2, 0.25) is 0 Å². The molecule has 1 heteroatoms. The number of nitrogens with zero attached hydrogens (tertiary/aromatic N) is 1. The van der Waals surface area contributed by atoms with Crippen molar-refractivity contribution in [2.24, 2.45) is 0 Å². The molecule has 0 bridgehead atoms. The van der Waals surface area contributed by atoms with Crippen molar-refractivity contribution in [3.63, 3.8) is 0 Å². The van der Waals surface area contributed by atoms with Crippen LogP contribution in [0.5, 0.6) is 0 Å². The van der Waals surface area contributed by atoms with Crippen LogP contribution in [0.3, 0.4) is 0 Å². The summed E-state index contributed by atoms with van der Waals surface area (Å²) in [7, 11) is 0. The van der Waals surface area contributed by atoms with Crippen LogP contribution < -0.4 is 0 Å². The van der Waals surface area contributed by atoms with Crippen molar-refractivity contribution in [2.75, 3.05) is 0 Å². The maximum Gasteiger partial charge on any atom is 0.0994 e. The van der Waals surface area contributed by atoms with Crippen molar-refractivity contribution in [1.82, 2.24) is 0 Å². The molecule has 0 saturated carbocycles. The minimum Gasteiger partial charge on any atom is -0.192 e. The van der Waals surface area contributed by atoms with Gasteiger partial charge in [0.25, 0.3) is 0 Å². The molecule has 0 atom stereocenters. The van der Waals surface area contributed by atoms with E-state index in [0.717, 1.165) is 11.1 Å². The summed E-state index contributed by atoms with van der Waals surface area (Å²) >= 11 is 0. The molecule has 0 N–H and O–H groups in total. The summed E-state index contributed by atoms with van der Waals surface area (Å²) < 4.78 is 0. The fourth-order valence-electron chi connectivity index (χ4n) is 0.805. The van der Waals surface area contributed by atoms with Gasteiger partial charge in [0, 0.05) is 0 Å². The van der Waals surface area contributed by atoms with Crippen LogP contribution in [-0.2, 0) is 0 Å². The second-order valence-corrected chi connectivity index (χ2v) is 2.20. The van der Waals surface area contributed by atoms with Gasteiger partial charge in [-0.15, -0.1) is 0 Å². The molecule has 0 saturated heterocycles. The predicted molar refractivity (Wildman–Crippen MR) is 40.4 cm³/mol. The van der Waals surface area contributed by atoms with Gasteiger partial charge in [0.05, 0.1) is 11.6 Å². The molecule has 49 valence electrons. The zero-order chi connectivity index (χ0) is 7.56. The summed E-state index contributed by atoms with van der Waals surface area (Å²) in [6.07, 6.45) is 0. The lowest BCUT2D eigenvalue weighted by molar-refractivity contribution is 1.36. The van der Waals surface area contributed by atoms with E-state index in [1.807, 2.05) is 19.1 Å². The quantitative estimate of drug-likeness (QED) is 0.527. The van der Waals surface area contributed by atoms with Crippen molar-refractivity contribution >= 4 is 0 Å². The van der Waals surface area contributed by atoms with E-state index < -0.39 is 0 Å². The van der Waals surface area contributed by atoms with E-state index in [4.69, 9.17) is 5.26 Å². The molecule has 0 unspecified atom stereocenters. The highest BCUT2D eigenvalue weighted by atomic mass is 14.2. The minimum absolute atomic E-state index is 0.715. The van der Waals surface area contributed by atoms with Crippen molar-refractivity contribution in [3.05, 3.63) is 41.8 Å². The monoisotopic (exact) mass is 130 g/mol. The van der Waals surface area contributed by atoms with Crippen molar-refractivity contribution < 1.29 is 0 Å².